The van der Waals surface area contributed by atoms with Gasteiger partial charge in [0.15, 0.2) is 0 Å². The van der Waals surface area contributed by atoms with E-state index in [9.17, 15) is 13.2 Å². The third-order valence-electron chi connectivity index (χ3n) is 4.57. The molecular weight excluding hydrogens is 352 g/mol. The van der Waals surface area contributed by atoms with E-state index in [-0.39, 0.29) is 16.8 Å². The number of carbonyl (C=O) groups excluding carboxylic acids is 1. The van der Waals surface area contributed by atoms with E-state index in [1.165, 1.54) is 35.7 Å². The summed E-state index contributed by atoms with van der Waals surface area (Å²) in [5.41, 5.74) is 0.375. The Morgan fingerprint density at radius 3 is 2.65 bits per heavy atom. The van der Waals surface area contributed by atoms with Crippen LogP contribution >= 0.6 is 0 Å². The van der Waals surface area contributed by atoms with E-state index < -0.39 is 10.0 Å². The molecule has 6 nitrogen and oxygen atoms in total. The van der Waals surface area contributed by atoms with Crippen molar-refractivity contribution in [3.8, 4) is 0 Å². The first-order chi connectivity index (χ1) is 12.4. The summed E-state index contributed by atoms with van der Waals surface area (Å²) in [5.74, 6) is -0.230. The van der Waals surface area contributed by atoms with E-state index in [1.54, 1.807) is 12.1 Å². The first kappa shape index (κ1) is 20.9. The van der Waals surface area contributed by atoms with Gasteiger partial charge in [-0.05, 0) is 31.5 Å². The number of sulfonamides is 1. The van der Waals surface area contributed by atoms with E-state index in [0.29, 0.717) is 31.9 Å². The van der Waals surface area contributed by atoms with E-state index in [4.69, 9.17) is 4.74 Å². The molecule has 1 fully saturated rings. The van der Waals surface area contributed by atoms with Crippen molar-refractivity contribution in [2.24, 2.45) is 0 Å². The van der Waals surface area contributed by atoms with E-state index in [2.05, 4.69) is 12.2 Å². The van der Waals surface area contributed by atoms with Crippen LogP contribution in [0.15, 0.2) is 29.2 Å². The molecule has 0 saturated carbocycles. The molecule has 7 heteroatoms. The van der Waals surface area contributed by atoms with Crippen molar-refractivity contribution >= 4 is 15.9 Å². The maximum Gasteiger partial charge on any atom is 0.251 e. The normalized spacial score (nSPS) is 17.0. The van der Waals surface area contributed by atoms with E-state index in [1.807, 2.05) is 6.92 Å². The molecular formula is C19H30N2O4S. The molecule has 2 rings (SSSR count). The first-order valence-electron chi connectivity index (χ1n) is 9.44. The van der Waals surface area contributed by atoms with Gasteiger partial charge in [0, 0.05) is 24.7 Å². The summed E-state index contributed by atoms with van der Waals surface area (Å²) in [4.78, 5) is 12.6. The minimum atomic E-state index is -3.59. The molecule has 0 aliphatic carbocycles. The van der Waals surface area contributed by atoms with Crippen molar-refractivity contribution < 1.29 is 17.9 Å². The molecule has 0 radical (unpaired) electrons. The predicted octanol–water partition coefficient (Wildman–Crippen LogP) is 2.80. The standard InChI is InChI=1S/C19H30N2O4S/c1-3-4-5-6-8-16(2)20-19(22)17-9-7-10-18(15-17)26(23,24)21-11-13-25-14-12-21/h7,9-10,15-16H,3-6,8,11-14H2,1-2H3,(H,20,22). The Morgan fingerprint density at radius 2 is 1.96 bits per heavy atom. The number of amides is 1. The zero-order chi connectivity index (χ0) is 19.0. The van der Waals surface area contributed by atoms with Gasteiger partial charge in [0.1, 0.15) is 0 Å². The Balaban J connectivity index is 2.00. The van der Waals surface area contributed by atoms with Gasteiger partial charge in [0.05, 0.1) is 18.1 Å². The fraction of sp³-hybridized carbons (Fsp3) is 0.632. The lowest BCUT2D eigenvalue weighted by molar-refractivity contribution is 0.0730. The monoisotopic (exact) mass is 382 g/mol. The third-order valence-corrected chi connectivity index (χ3v) is 6.47. The molecule has 26 heavy (non-hydrogen) atoms. The van der Waals surface area contributed by atoms with Crippen LogP contribution < -0.4 is 5.32 Å². The average molecular weight is 383 g/mol. The van der Waals surface area contributed by atoms with Gasteiger partial charge < -0.3 is 10.1 Å². The van der Waals surface area contributed by atoms with Crippen LogP contribution in [-0.4, -0.2) is 51.0 Å². The number of nitrogens with zero attached hydrogens (tertiary/aromatic N) is 1. The number of morpholine rings is 1. The molecule has 0 aromatic heterocycles. The molecule has 1 heterocycles. The van der Waals surface area contributed by atoms with Crippen molar-refractivity contribution in [2.45, 2.75) is 56.9 Å². The number of hydrogen-bond donors (Lipinski definition) is 1. The lowest BCUT2D eigenvalue weighted by atomic mass is 10.1. The van der Waals surface area contributed by atoms with Crippen molar-refractivity contribution in [3.63, 3.8) is 0 Å². The summed E-state index contributed by atoms with van der Waals surface area (Å²) < 4.78 is 32.1. The van der Waals surface area contributed by atoms with Gasteiger partial charge in [-0.25, -0.2) is 8.42 Å². The van der Waals surface area contributed by atoms with Gasteiger partial charge in [0.25, 0.3) is 5.91 Å². The Kier molecular flexibility index (Phi) is 8.06. The van der Waals surface area contributed by atoms with Gasteiger partial charge in [0.2, 0.25) is 10.0 Å². The Labute approximate surface area is 157 Å². The molecule has 1 aliphatic heterocycles. The van der Waals surface area contributed by atoms with Gasteiger partial charge in [-0.15, -0.1) is 0 Å². The molecule has 0 spiro atoms. The first-order valence-corrected chi connectivity index (χ1v) is 10.9. The summed E-state index contributed by atoms with van der Waals surface area (Å²) in [6.45, 7) is 5.63. The lowest BCUT2D eigenvalue weighted by Crippen LogP contribution is -2.40. The Hall–Kier alpha value is -1.44. The SMILES string of the molecule is CCCCCCC(C)NC(=O)c1cccc(S(=O)(=O)N2CCOCC2)c1. The smallest absolute Gasteiger partial charge is 0.251 e. The molecule has 146 valence electrons. The van der Waals surface area contributed by atoms with Crippen LogP contribution in [0.3, 0.4) is 0 Å². The average Bonchev–Trinajstić information content (AvgIpc) is 2.66. The van der Waals surface area contributed by atoms with Crippen LogP contribution in [0.5, 0.6) is 0 Å². The molecule has 1 aromatic rings. The highest BCUT2D eigenvalue weighted by molar-refractivity contribution is 7.89. The van der Waals surface area contributed by atoms with Crippen molar-refractivity contribution in [2.75, 3.05) is 26.3 Å². The molecule has 1 aromatic carbocycles. The molecule has 1 unspecified atom stereocenters. The Morgan fingerprint density at radius 1 is 1.23 bits per heavy atom. The second-order valence-electron chi connectivity index (χ2n) is 6.77. The van der Waals surface area contributed by atoms with Crippen molar-refractivity contribution in [1.29, 1.82) is 0 Å². The number of ether oxygens (including phenoxy) is 1. The summed E-state index contributed by atoms with van der Waals surface area (Å²) in [6.07, 6.45) is 5.58. The summed E-state index contributed by atoms with van der Waals surface area (Å²) >= 11 is 0. The number of rotatable bonds is 9. The zero-order valence-corrected chi connectivity index (χ0v) is 16.6. The van der Waals surface area contributed by atoms with Crippen LogP contribution in [-0.2, 0) is 14.8 Å². The van der Waals surface area contributed by atoms with E-state index in [0.717, 1.165) is 12.8 Å². The largest absolute Gasteiger partial charge is 0.379 e. The quantitative estimate of drug-likeness (QED) is 0.667. The highest BCUT2D eigenvalue weighted by Gasteiger charge is 2.26. The summed E-state index contributed by atoms with van der Waals surface area (Å²) in [6, 6.07) is 6.34. The van der Waals surface area contributed by atoms with Gasteiger partial charge in [-0.3, -0.25) is 4.79 Å². The number of benzene rings is 1. The molecule has 1 N–H and O–H groups in total. The Bertz CT molecular complexity index is 685. The zero-order valence-electron chi connectivity index (χ0n) is 15.7. The summed E-state index contributed by atoms with van der Waals surface area (Å²) in [7, 11) is -3.59. The van der Waals surface area contributed by atoms with Crippen LogP contribution in [0.2, 0.25) is 0 Å². The number of hydrogen-bond acceptors (Lipinski definition) is 4. The maximum absolute atomic E-state index is 12.7. The molecule has 0 bridgehead atoms. The van der Waals surface area contributed by atoms with Crippen LogP contribution in [0.4, 0.5) is 0 Å². The topological polar surface area (TPSA) is 75.7 Å². The molecule has 1 atom stereocenters. The highest BCUT2D eigenvalue weighted by Crippen LogP contribution is 2.18. The minimum Gasteiger partial charge on any atom is -0.379 e. The van der Waals surface area contributed by atoms with E-state index >= 15 is 0 Å². The number of unbranched alkanes of at least 4 members (excludes halogenated alkanes) is 3. The van der Waals surface area contributed by atoms with Gasteiger partial charge in [-0.1, -0.05) is 38.7 Å². The van der Waals surface area contributed by atoms with Crippen molar-refractivity contribution in [3.05, 3.63) is 29.8 Å². The minimum absolute atomic E-state index is 0.0684. The number of nitrogens with one attached hydrogen (secondary N) is 1. The molecule has 1 saturated heterocycles. The molecule has 1 aliphatic rings. The molecule has 1 amide bonds. The van der Waals surface area contributed by atoms with Crippen LogP contribution in [0.1, 0.15) is 56.3 Å². The van der Waals surface area contributed by atoms with Crippen LogP contribution in [0.25, 0.3) is 0 Å². The highest BCUT2D eigenvalue weighted by atomic mass is 32.2. The van der Waals surface area contributed by atoms with Crippen molar-refractivity contribution in [1.82, 2.24) is 9.62 Å². The number of carbonyl (C=O) groups is 1. The van der Waals surface area contributed by atoms with Gasteiger partial charge >= 0.3 is 0 Å². The van der Waals surface area contributed by atoms with Gasteiger partial charge in [-0.2, -0.15) is 4.31 Å². The predicted molar refractivity (Wildman–Crippen MR) is 102 cm³/mol. The summed E-state index contributed by atoms with van der Waals surface area (Å²) in [5, 5.41) is 2.96. The fourth-order valence-electron chi connectivity index (χ4n) is 2.99. The second kappa shape index (κ2) is 10.0. The second-order valence-corrected chi connectivity index (χ2v) is 8.71. The van der Waals surface area contributed by atoms with Crippen LogP contribution in [0, 0.1) is 0 Å². The fourth-order valence-corrected chi connectivity index (χ4v) is 4.44. The maximum atomic E-state index is 12.7. The third kappa shape index (κ3) is 5.79. The lowest BCUT2D eigenvalue weighted by Gasteiger charge is -2.26.